The van der Waals surface area contributed by atoms with Crippen molar-refractivity contribution in [2.24, 2.45) is 0 Å². The fraction of sp³-hybridized carbons (Fsp3) is 0.250. The molecule has 0 radical (unpaired) electrons. The maximum Gasteiger partial charge on any atom is 0.0704 e. The third-order valence-corrected chi connectivity index (χ3v) is 3.19. The van der Waals surface area contributed by atoms with Crippen LogP contribution in [-0.2, 0) is 0 Å². The highest BCUT2D eigenvalue weighted by Gasteiger charge is 1.93. The van der Waals surface area contributed by atoms with Gasteiger partial charge in [0.05, 0.1) is 3.79 Å². The van der Waals surface area contributed by atoms with Crippen LogP contribution in [0.25, 0.3) is 6.08 Å². The summed E-state index contributed by atoms with van der Waals surface area (Å²) in [6.07, 6.45) is 2.10. The molecule has 0 fully saturated rings. The summed E-state index contributed by atoms with van der Waals surface area (Å²) in [5.41, 5.74) is 1.20. The number of hydrogen-bond acceptors (Lipinski definition) is 1. The fourth-order valence-corrected chi connectivity index (χ4v) is 2.21. The van der Waals surface area contributed by atoms with Crippen molar-refractivity contribution < 1.29 is 0 Å². The maximum atomic E-state index is 5.63. The molecule has 0 amide bonds. The number of thiophene rings is 1. The van der Waals surface area contributed by atoms with E-state index in [0.29, 0.717) is 5.88 Å². The van der Waals surface area contributed by atoms with Crippen LogP contribution in [0.2, 0.25) is 0 Å². The number of allylic oxidation sites excluding steroid dienone is 1. The minimum atomic E-state index is 0.607. The van der Waals surface area contributed by atoms with E-state index in [1.807, 2.05) is 13.0 Å². The molecule has 0 aliphatic rings. The Hall–Kier alpha value is 0.210. The summed E-state index contributed by atoms with van der Waals surface area (Å²) in [4.78, 5) is 1.25. The van der Waals surface area contributed by atoms with Crippen LogP contribution in [-0.4, -0.2) is 5.88 Å². The molecule has 1 aromatic heterocycles. The zero-order valence-corrected chi connectivity index (χ0v) is 9.26. The standard InChI is InChI=1S/C8H8BrClS/c1-6(5-10)4-7-2-3-8(9)11-7/h2-4H,5H2,1H3/b6-4-. The lowest BCUT2D eigenvalue weighted by Gasteiger charge is -1.89. The van der Waals surface area contributed by atoms with Gasteiger partial charge < -0.3 is 0 Å². The van der Waals surface area contributed by atoms with E-state index in [2.05, 4.69) is 28.1 Å². The molecule has 60 valence electrons. The van der Waals surface area contributed by atoms with Gasteiger partial charge >= 0.3 is 0 Å². The quantitative estimate of drug-likeness (QED) is 0.693. The Balaban J connectivity index is 2.78. The number of alkyl halides is 1. The second-order valence-corrected chi connectivity index (χ2v) is 5.03. The van der Waals surface area contributed by atoms with E-state index in [1.165, 1.54) is 10.5 Å². The Morgan fingerprint density at radius 1 is 1.73 bits per heavy atom. The van der Waals surface area contributed by atoms with Gasteiger partial charge in [0, 0.05) is 10.8 Å². The van der Waals surface area contributed by atoms with Crippen LogP contribution in [0, 0.1) is 0 Å². The summed E-state index contributed by atoms with van der Waals surface area (Å²) in [7, 11) is 0. The van der Waals surface area contributed by atoms with Crippen molar-refractivity contribution in [3.63, 3.8) is 0 Å². The lowest BCUT2D eigenvalue weighted by atomic mass is 10.3. The number of hydrogen-bond donors (Lipinski definition) is 0. The highest BCUT2D eigenvalue weighted by Crippen LogP contribution is 2.24. The molecule has 0 aliphatic heterocycles. The number of halogens is 2. The summed E-state index contributed by atoms with van der Waals surface area (Å²) >= 11 is 10.7. The Morgan fingerprint density at radius 2 is 2.45 bits per heavy atom. The first-order valence-corrected chi connectivity index (χ1v) is 5.35. The van der Waals surface area contributed by atoms with Gasteiger partial charge in [-0.3, -0.25) is 0 Å². The minimum Gasteiger partial charge on any atom is -0.129 e. The van der Waals surface area contributed by atoms with Crippen LogP contribution in [0.4, 0.5) is 0 Å². The average molecular weight is 252 g/mol. The second kappa shape index (κ2) is 4.29. The van der Waals surface area contributed by atoms with Gasteiger partial charge in [0.25, 0.3) is 0 Å². The average Bonchev–Trinajstić information content (AvgIpc) is 2.35. The van der Waals surface area contributed by atoms with Crippen molar-refractivity contribution in [3.8, 4) is 0 Å². The van der Waals surface area contributed by atoms with E-state index >= 15 is 0 Å². The Morgan fingerprint density at radius 3 is 2.91 bits per heavy atom. The molecular formula is C8H8BrClS. The molecule has 1 aromatic rings. The van der Waals surface area contributed by atoms with E-state index in [4.69, 9.17) is 11.6 Å². The largest absolute Gasteiger partial charge is 0.129 e. The zero-order chi connectivity index (χ0) is 8.27. The molecule has 0 nitrogen and oxygen atoms in total. The molecule has 1 heterocycles. The summed E-state index contributed by atoms with van der Waals surface area (Å²) in [6, 6.07) is 4.11. The van der Waals surface area contributed by atoms with Crippen LogP contribution >= 0.6 is 38.9 Å². The van der Waals surface area contributed by atoms with E-state index in [1.54, 1.807) is 11.3 Å². The Bertz CT molecular complexity index is 265. The van der Waals surface area contributed by atoms with E-state index in [0.717, 1.165) is 3.79 Å². The topological polar surface area (TPSA) is 0 Å². The smallest absolute Gasteiger partial charge is 0.0704 e. The monoisotopic (exact) mass is 250 g/mol. The van der Waals surface area contributed by atoms with Gasteiger partial charge in [-0.25, -0.2) is 0 Å². The maximum absolute atomic E-state index is 5.63. The van der Waals surface area contributed by atoms with Crippen LogP contribution in [0.5, 0.6) is 0 Å². The summed E-state index contributed by atoms with van der Waals surface area (Å²) in [6.45, 7) is 2.03. The van der Waals surface area contributed by atoms with Crippen LogP contribution < -0.4 is 0 Å². The molecule has 3 heteroatoms. The van der Waals surface area contributed by atoms with Crippen molar-refractivity contribution in [1.29, 1.82) is 0 Å². The highest BCUT2D eigenvalue weighted by molar-refractivity contribution is 9.11. The Labute approximate surface area is 84.0 Å². The van der Waals surface area contributed by atoms with Crippen LogP contribution in [0.15, 0.2) is 21.5 Å². The predicted octanol–water partition coefficient (Wildman–Crippen LogP) is 4.15. The third kappa shape index (κ3) is 2.97. The van der Waals surface area contributed by atoms with Crippen molar-refractivity contribution in [2.75, 3.05) is 5.88 Å². The molecular weight excluding hydrogens is 244 g/mol. The summed E-state index contributed by atoms with van der Waals surface area (Å²) < 4.78 is 1.16. The van der Waals surface area contributed by atoms with Crippen LogP contribution in [0.1, 0.15) is 11.8 Å². The van der Waals surface area contributed by atoms with Gasteiger partial charge in [0.2, 0.25) is 0 Å². The van der Waals surface area contributed by atoms with E-state index in [-0.39, 0.29) is 0 Å². The molecule has 0 saturated heterocycles. The summed E-state index contributed by atoms with van der Waals surface area (Å²) in [5, 5.41) is 0. The van der Waals surface area contributed by atoms with Crippen molar-refractivity contribution >= 4 is 44.9 Å². The normalized spacial score (nSPS) is 12.1. The molecule has 11 heavy (non-hydrogen) atoms. The molecule has 0 N–H and O–H groups in total. The number of rotatable bonds is 2. The van der Waals surface area contributed by atoms with Crippen molar-refractivity contribution in [3.05, 3.63) is 26.4 Å². The first-order valence-electron chi connectivity index (χ1n) is 3.21. The molecule has 0 aliphatic carbocycles. The van der Waals surface area contributed by atoms with Crippen LogP contribution in [0.3, 0.4) is 0 Å². The SMILES string of the molecule is C/C(=C/c1ccc(Br)s1)CCl. The fourth-order valence-electron chi connectivity index (χ4n) is 0.687. The van der Waals surface area contributed by atoms with Gasteiger partial charge in [-0.2, -0.15) is 0 Å². The lowest BCUT2D eigenvalue weighted by Crippen LogP contribution is -1.73. The van der Waals surface area contributed by atoms with Gasteiger partial charge in [-0.15, -0.1) is 22.9 Å². The first-order chi connectivity index (χ1) is 5.22. The van der Waals surface area contributed by atoms with Crippen molar-refractivity contribution in [2.45, 2.75) is 6.92 Å². The Kier molecular flexibility index (Phi) is 3.63. The predicted molar refractivity (Wildman–Crippen MR) is 56.4 cm³/mol. The zero-order valence-electron chi connectivity index (χ0n) is 6.10. The second-order valence-electron chi connectivity index (χ2n) is 2.27. The molecule has 0 unspecified atom stereocenters. The first kappa shape index (κ1) is 9.30. The third-order valence-electron chi connectivity index (χ3n) is 1.19. The van der Waals surface area contributed by atoms with Gasteiger partial charge in [0.1, 0.15) is 0 Å². The highest BCUT2D eigenvalue weighted by atomic mass is 79.9. The van der Waals surface area contributed by atoms with Gasteiger partial charge in [-0.1, -0.05) is 5.57 Å². The van der Waals surface area contributed by atoms with E-state index in [9.17, 15) is 0 Å². The molecule has 0 spiro atoms. The molecule has 0 aromatic carbocycles. The molecule has 0 bridgehead atoms. The van der Waals surface area contributed by atoms with Gasteiger partial charge in [0.15, 0.2) is 0 Å². The summed E-state index contributed by atoms with van der Waals surface area (Å²) in [5.74, 6) is 0.607. The molecule has 1 rings (SSSR count). The van der Waals surface area contributed by atoms with Crippen molar-refractivity contribution in [1.82, 2.24) is 0 Å². The minimum absolute atomic E-state index is 0.607. The van der Waals surface area contributed by atoms with Gasteiger partial charge in [-0.05, 0) is 41.1 Å². The lowest BCUT2D eigenvalue weighted by molar-refractivity contribution is 1.44. The molecule has 0 atom stereocenters. The van der Waals surface area contributed by atoms with E-state index < -0.39 is 0 Å². The molecule has 0 saturated carbocycles.